The number of aliphatic hydroxyl groups excluding tert-OH is 1. The van der Waals surface area contributed by atoms with Gasteiger partial charge in [-0.2, -0.15) is 0 Å². The van der Waals surface area contributed by atoms with Gasteiger partial charge >= 0.3 is 0 Å². The van der Waals surface area contributed by atoms with Gasteiger partial charge in [0.05, 0.1) is 0 Å². The second kappa shape index (κ2) is 10.2. The van der Waals surface area contributed by atoms with Crippen molar-refractivity contribution in [2.75, 3.05) is 6.54 Å². The molecule has 168 valence electrons. The standard InChI is InChI=1S/C26H27NO3S.ClH/c28-25-18(11-14-23-20(25)15-24(31-23)17-7-3-1-4-8-17)16-27-21-12-13-22(26(21)29)30-19-9-5-2-6-10-19;/h1-10,15,18,21-22,26-27,29H,11-14,16H2;1H/t18?,21-,22-,26-;/m1./s1. The third-order valence-electron chi connectivity index (χ3n) is 6.44. The van der Waals surface area contributed by atoms with Crippen LogP contribution in [0.1, 0.15) is 34.5 Å². The molecule has 1 fully saturated rings. The summed E-state index contributed by atoms with van der Waals surface area (Å²) in [5, 5.41) is 14.2. The Morgan fingerprint density at radius 2 is 1.72 bits per heavy atom. The van der Waals surface area contributed by atoms with Crippen molar-refractivity contribution >= 4 is 29.5 Å². The molecule has 5 rings (SSSR count). The highest BCUT2D eigenvalue weighted by Gasteiger charge is 2.37. The minimum atomic E-state index is -0.569. The van der Waals surface area contributed by atoms with Crippen LogP contribution in [0.2, 0.25) is 0 Å². The quantitative estimate of drug-likeness (QED) is 0.524. The van der Waals surface area contributed by atoms with E-state index in [2.05, 4.69) is 23.5 Å². The molecular formula is C26H28ClNO3S. The zero-order valence-corrected chi connectivity index (χ0v) is 19.4. The number of nitrogens with one attached hydrogen (secondary N) is 1. The van der Waals surface area contributed by atoms with Crippen molar-refractivity contribution in [3.8, 4) is 16.2 Å². The van der Waals surface area contributed by atoms with Crippen molar-refractivity contribution in [2.45, 2.75) is 43.9 Å². The van der Waals surface area contributed by atoms with Crippen LogP contribution in [0, 0.1) is 5.92 Å². The molecule has 2 aromatic carbocycles. The number of thiophene rings is 1. The fraction of sp³-hybridized carbons (Fsp3) is 0.346. The lowest BCUT2D eigenvalue weighted by Crippen LogP contribution is -2.44. The molecule has 1 unspecified atom stereocenters. The van der Waals surface area contributed by atoms with Gasteiger partial charge in [-0.3, -0.25) is 4.79 Å². The number of hydrogen-bond donors (Lipinski definition) is 2. The molecule has 6 heteroatoms. The van der Waals surface area contributed by atoms with Crippen molar-refractivity contribution in [2.24, 2.45) is 5.92 Å². The van der Waals surface area contributed by atoms with Crippen LogP contribution in [0.5, 0.6) is 5.75 Å². The summed E-state index contributed by atoms with van der Waals surface area (Å²) >= 11 is 1.74. The van der Waals surface area contributed by atoms with Crippen LogP contribution in [-0.4, -0.2) is 35.7 Å². The lowest BCUT2D eigenvalue weighted by Gasteiger charge is -2.25. The van der Waals surface area contributed by atoms with Gasteiger partial charge in [-0.1, -0.05) is 48.5 Å². The monoisotopic (exact) mass is 469 g/mol. The van der Waals surface area contributed by atoms with Gasteiger partial charge in [-0.15, -0.1) is 23.7 Å². The first-order valence-corrected chi connectivity index (χ1v) is 11.9. The highest BCUT2D eigenvalue weighted by atomic mass is 35.5. The SMILES string of the molecule is Cl.O=C1c2cc(-c3ccccc3)sc2CCC1CN[C@@H]1CC[C@@H](Oc2ccccc2)[C@@H]1O. The zero-order valence-electron chi connectivity index (χ0n) is 17.8. The van der Waals surface area contributed by atoms with Gasteiger partial charge < -0.3 is 15.2 Å². The number of ether oxygens (including phenoxy) is 1. The molecule has 2 N–H and O–H groups in total. The molecule has 1 heterocycles. The molecule has 0 radical (unpaired) electrons. The Labute approximate surface area is 199 Å². The Morgan fingerprint density at radius 1 is 1.00 bits per heavy atom. The van der Waals surface area contributed by atoms with E-state index in [1.165, 1.54) is 15.3 Å². The summed E-state index contributed by atoms with van der Waals surface area (Å²) in [5.41, 5.74) is 2.06. The topological polar surface area (TPSA) is 58.6 Å². The van der Waals surface area contributed by atoms with E-state index in [0.29, 0.717) is 6.54 Å². The van der Waals surface area contributed by atoms with Crippen molar-refractivity contribution in [3.05, 3.63) is 77.2 Å². The van der Waals surface area contributed by atoms with E-state index in [9.17, 15) is 9.90 Å². The maximum absolute atomic E-state index is 13.1. The third kappa shape index (κ3) is 4.76. The second-order valence-corrected chi connectivity index (χ2v) is 9.60. The van der Waals surface area contributed by atoms with Crippen molar-refractivity contribution in [1.29, 1.82) is 0 Å². The molecule has 0 amide bonds. The maximum Gasteiger partial charge on any atom is 0.168 e. The molecule has 3 aromatic rings. The van der Waals surface area contributed by atoms with Crippen molar-refractivity contribution < 1.29 is 14.6 Å². The Balaban J connectivity index is 0.00000245. The van der Waals surface area contributed by atoms with Gasteiger partial charge in [-0.05, 0) is 49.4 Å². The summed E-state index contributed by atoms with van der Waals surface area (Å²) < 4.78 is 5.97. The highest BCUT2D eigenvalue weighted by Crippen LogP contribution is 2.37. The molecule has 0 aliphatic heterocycles. The first kappa shape index (κ1) is 23.0. The Hall–Kier alpha value is -2.18. The number of carbonyl (C=O) groups excluding carboxylic acids is 1. The van der Waals surface area contributed by atoms with Gasteiger partial charge in [0.1, 0.15) is 18.0 Å². The molecular weight excluding hydrogens is 442 g/mol. The van der Waals surface area contributed by atoms with E-state index in [-0.39, 0.29) is 36.3 Å². The van der Waals surface area contributed by atoms with Crippen LogP contribution in [0.4, 0.5) is 0 Å². The summed E-state index contributed by atoms with van der Waals surface area (Å²) in [6, 6.07) is 21.9. The van der Waals surface area contributed by atoms with Crippen molar-refractivity contribution in [3.63, 3.8) is 0 Å². The fourth-order valence-corrected chi connectivity index (χ4v) is 5.87. The first-order valence-electron chi connectivity index (χ1n) is 11.0. The number of fused-ring (bicyclic) bond motifs is 1. The van der Waals surface area contributed by atoms with E-state index in [4.69, 9.17) is 4.74 Å². The van der Waals surface area contributed by atoms with Crippen LogP contribution >= 0.6 is 23.7 Å². The number of aliphatic hydroxyl groups is 1. The summed E-state index contributed by atoms with van der Waals surface area (Å²) in [4.78, 5) is 15.5. The normalized spacial score (nSPS) is 24.6. The summed E-state index contributed by atoms with van der Waals surface area (Å²) in [6.45, 7) is 0.606. The van der Waals surface area contributed by atoms with Crippen LogP contribution in [0.25, 0.3) is 10.4 Å². The number of hydrogen-bond acceptors (Lipinski definition) is 5. The van der Waals surface area contributed by atoms with E-state index in [1.54, 1.807) is 11.3 Å². The largest absolute Gasteiger partial charge is 0.488 e. The number of aryl methyl sites for hydroxylation is 1. The molecule has 1 aromatic heterocycles. The summed E-state index contributed by atoms with van der Waals surface area (Å²) in [5.74, 6) is 0.984. The number of rotatable bonds is 6. The molecule has 4 nitrogen and oxygen atoms in total. The van der Waals surface area contributed by atoms with Gasteiger partial charge in [0, 0.05) is 33.8 Å². The fourth-order valence-electron chi connectivity index (χ4n) is 4.68. The van der Waals surface area contributed by atoms with Gasteiger partial charge in [-0.25, -0.2) is 0 Å². The first-order chi connectivity index (χ1) is 15.2. The zero-order chi connectivity index (χ0) is 21.2. The number of Topliss-reactive ketones (excluding diaryl/α,β-unsaturated/α-hetero) is 1. The number of benzene rings is 2. The molecule has 32 heavy (non-hydrogen) atoms. The van der Waals surface area contributed by atoms with Gasteiger partial charge in [0.2, 0.25) is 0 Å². The third-order valence-corrected chi connectivity index (χ3v) is 7.68. The van der Waals surface area contributed by atoms with Crippen LogP contribution < -0.4 is 10.1 Å². The lowest BCUT2D eigenvalue weighted by molar-refractivity contribution is 0.0442. The van der Waals surface area contributed by atoms with Gasteiger partial charge in [0.25, 0.3) is 0 Å². The number of para-hydroxylation sites is 1. The lowest BCUT2D eigenvalue weighted by atomic mass is 9.86. The van der Waals surface area contributed by atoms with Crippen molar-refractivity contribution in [1.82, 2.24) is 5.32 Å². The molecule has 0 spiro atoms. The Bertz CT molecular complexity index is 1040. The number of carbonyl (C=O) groups is 1. The van der Waals surface area contributed by atoms with E-state index in [1.807, 2.05) is 48.5 Å². The summed E-state index contributed by atoms with van der Waals surface area (Å²) in [7, 11) is 0. The molecule has 2 aliphatic rings. The Kier molecular flexibility index (Phi) is 7.31. The predicted octanol–water partition coefficient (Wildman–Crippen LogP) is 5.14. The van der Waals surface area contributed by atoms with Crippen LogP contribution in [0.15, 0.2) is 66.7 Å². The Morgan fingerprint density at radius 3 is 2.47 bits per heavy atom. The predicted molar refractivity (Wildman–Crippen MR) is 131 cm³/mol. The summed E-state index contributed by atoms with van der Waals surface area (Å²) in [6.07, 6.45) is 2.68. The average Bonchev–Trinajstić information content (AvgIpc) is 3.39. The van der Waals surface area contributed by atoms with E-state index >= 15 is 0 Å². The van der Waals surface area contributed by atoms with E-state index in [0.717, 1.165) is 37.0 Å². The molecule has 4 atom stereocenters. The molecule has 0 bridgehead atoms. The second-order valence-electron chi connectivity index (χ2n) is 8.47. The highest BCUT2D eigenvalue weighted by molar-refractivity contribution is 7.15. The molecule has 2 aliphatic carbocycles. The maximum atomic E-state index is 13.1. The average molecular weight is 470 g/mol. The van der Waals surface area contributed by atoms with Crippen LogP contribution in [-0.2, 0) is 6.42 Å². The van der Waals surface area contributed by atoms with E-state index < -0.39 is 6.10 Å². The van der Waals surface area contributed by atoms with Crippen LogP contribution in [0.3, 0.4) is 0 Å². The smallest absolute Gasteiger partial charge is 0.168 e. The molecule has 0 saturated heterocycles. The number of halogens is 1. The molecule has 1 saturated carbocycles. The van der Waals surface area contributed by atoms with Gasteiger partial charge in [0.15, 0.2) is 5.78 Å². The minimum absolute atomic E-state index is 0. The number of ketones is 1. The minimum Gasteiger partial charge on any atom is -0.488 e.